The number of para-hydroxylation sites is 1. The maximum atomic E-state index is 12.5. The molecule has 0 saturated heterocycles. The van der Waals surface area contributed by atoms with Gasteiger partial charge in [-0.3, -0.25) is 14.9 Å². The summed E-state index contributed by atoms with van der Waals surface area (Å²) in [4.78, 5) is 23.1. The lowest BCUT2D eigenvalue weighted by atomic mass is 10.0. The molecule has 2 aromatic carbocycles. The maximum Gasteiger partial charge on any atom is 0.311 e. The number of amides is 1. The van der Waals surface area contributed by atoms with Crippen molar-refractivity contribution in [3.63, 3.8) is 0 Å². The predicted octanol–water partition coefficient (Wildman–Crippen LogP) is 4.37. The van der Waals surface area contributed by atoms with Crippen molar-refractivity contribution in [2.24, 2.45) is 0 Å². The van der Waals surface area contributed by atoms with Crippen molar-refractivity contribution < 1.29 is 14.5 Å². The first kappa shape index (κ1) is 17.5. The molecule has 0 fully saturated rings. The smallest absolute Gasteiger partial charge is 0.311 e. The van der Waals surface area contributed by atoms with E-state index in [1.54, 1.807) is 6.92 Å². The zero-order valence-electron chi connectivity index (χ0n) is 13.9. The Balaban J connectivity index is 2.31. The Hall–Kier alpha value is -2.89. The molecular formula is C18H20N2O4. The summed E-state index contributed by atoms with van der Waals surface area (Å²) in [7, 11) is 0. The van der Waals surface area contributed by atoms with Gasteiger partial charge >= 0.3 is 5.69 Å². The highest BCUT2D eigenvalue weighted by molar-refractivity contribution is 6.05. The van der Waals surface area contributed by atoms with Crippen molar-refractivity contribution in [2.75, 3.05) is 11.9 Å². The van der Waals surface area contributed by atoms with Crippen LogP contribution in [-0.2, 0) is 0 Å². The summed E-state index contributed by atoms with van der Waals surface area (Å²) in [5.41, 5.74) is 1.70. The molecule has 0 aliphatic rings. The highest BCUT2D eigenvalue weighted by Crippen LogP contribution is 2.29. The van der Waals surface area contributed by atoms with Crippen LogP contribution >= 0.6 is 0 Å². The summed E-state index contributed by atoms with van der Waals surface area (Å²) in [6, 6.07) is 11.7. The summed E-state index contributed by atoms with van der Waals surface area (Å²) in [5.74, 6) is 0.00652. The maximum absolute atomic E-state index is 12.5. The van der Waals surface area contributed by atoms with E-state index in [0.29, 0.717) is 12.3 Å². The van der Waals surface area contributed by atoms with Crippen molar-refractivity contribution in [1.29, 1.82) is 0 Å². The van der Waals surface area contributed by atoms with Crippen LogP contribution in [0, 0.1) is 10.1 Å². The number of hydrogen-bond acceptors (Lipinski definition) is 4. The van der Waals surface area contributed by atoms with E-state index in [-0.39, 0.29) is 22.9 Å². The average molecular weight is 328 g/mol. The summed E-state index contributed by atoms with van der Waals surface area (Å²) in [6.07, 6.45) is 0. The Bertz CT molecular complexity index is 756. The Kier molecular flexibility index (Phi) is 5.52. The SMILES string of the molecule is CCOc1ccc(C(=O)Nc2ccccc2C(C)C)cc1[N+](=O)[O-]. The van der Waals surface area contributed by atoms with E-state index in [0.717, 1.165) is 5.56 Å². The third kappa shape index (κ3) is 3.90. The van der Waals surface area contributed by atoms with Crippen LogP contribution in [0.3, 0.4) is 0 Å². The number of nitro groups is 1. The summed E-state index contributed by atoms with van der Waals surface area (Å²) in [6.45, 7) is 6.13. The molecule has 0 radical (unpaired) electrons. The van der Waals surface area contributed by atoms with Gasteiger partial charge in [0.25, 0.3) is 5.91 Å². The fourth-order valence-corrected chi connectivity index (χ4v) is 2.39. The lowest BCUT2D eigenvalue weighted by molar-refractivity contribution is -0.385. The number of nitrogens with zero attached hydrogens (tertiary/aromatic N) is 1. The molecule has 6 nitrogen and oxygen atoms in total. The Labute approximate surface area is 140 Å². The lowest BCUT2D eigenvalue weighted by Crippen LogP contribution is -2.14. The molecule has 2 aromatic rings. The van der Waals surface area contributed by atoms with Gasteiger partial charge in [-0.25, -0.2) is 0 Å². The van der Waals surface area contributed by atoms with Gasteiger partial charge in [0, 0.05) is 17.3 Å². The Morgan fingerprint density at radius 1 is 1.25 bits per heavy atom. The van der Waals surface area contributed by atoms with E-state index < -0.39 is 10.8 Å². The van der Waals surface area contributed by atoms with Crippen molar-refractivity contribution in [1.82, 2.24) is 0 Å². The van der Waals surface area contributed by atoms with Crippen LogP contribution in [0.4, 0.5) is 11.4 Å². The number of hydrogen-bond donors (Lipinski definition) is 1. The molecule has 24 heavy (non-hydrogen) atoms. The quantitative estimate of drug-likeness (QED) is 0.630. The molecule has 1 N–H and O–H groups in total. The van der Waals surface area contributed by atoms with Gasteiger partial charge in [0.15, 0.2) is 5.75 Å². The third-order valence-corrected chi connectivity index (χ3v) is 3.55. The molecule has 0 aliphatic carbocycles. The number of nitrogens with one attached hydrogen (secondary N) is 1. The summed E-state index contributed by atoms with van der Waals surface area (Å²) >= 11 is 0. The van der Waals surface area contributed by atoms with E-state index in [1.807, 2.05) is 38.1 Å². The normalized spacial score (nSPS) is 10.5. The Morgan fingerprint density at radius 2 is 1.96 bits per heavy atom. The van der Waals surface area contributed by atoms with Crippen molar-refractivity contribution >= 4 is 17.3 Å². The standard InChI is InChI=1S/C18H20N2O4/c1-4-24-17-10-9-13(11-16(17)20(22)23)18(21)19-15-8-6-5-7-14(15)12(2)3/h5-12H,4H2,1-3H3,(H,19,21). The van der Waals surface area contributed by atoms with E-state index >= 15 is 0 Å². The van der Waals surface area contributed by atoms with Crippen LogP contribution in [-0.4, -0.2) is 17.4 Å². The highest BCUT2D eigenvalue weighted by atomic mass is 16.6. The van der Waals surface area contributed by atoms with Gasteiger partial charge in [0.1, 0.15) is 0 Å². The largest absolute Gasteiger partial charge is 0.487 e. The number of anilines is 1. The number of rotatable bonds is 6. The summed E-state index contributed by atoms with van der Waals surface area (Å²) in [5, 5.41) is 14.0. The molecule has 0 saturated carbocycles. The second-order valence-corrected chi connectivity index (χ2v) is 5.57. The van der Waals surface area contributed by atoms with Crippen LogP contribution in [0.15, 0.2) is 42.5 Å². The van der Waals surface area contributed by atoms with E-state index in [4.69, 9.17) is 4.74 Å². The molecular weight excluding hydrogens is 308 g/mol. The van der Waals surface area contributed by atoms with Gasteiger partial charge in [-0.15, -0.1) is 0 Å². The molecule has 0 heterocycles. The van der Waals surface area contributed by atoms with Gasteiger partial charge in [-0.1, -0.05) is 32.0 Å². The molecule has 0 atom stereocenters. The lowest BCUT2D eigenvalue weighted by Gasteiger charge is -2.14. The molecule has 0 spiro atoms. The van der Waals surface area contributed by atoms with Crippen LogP contribution in [0.5, 0.6) is 5.75 Å². The average Bonchev–Trinajstić information content (AvgIpc) is 2.55. The molecule has 0 unspecified atom stereocenters. The van der Waals surface area contributed by atoms with Gasteiger partial charge in [0.05, 0.1) is 11.5 Å². The minimum Gasteiger partial charge on any atom is -0.487 e. The molecule has 2 rings (SSSR count). The molecule has 126 valence electrons. The molecule has 0 aliphatic heterocycles. The van der Waals surface area contributed by atoms with Gasteiger partial charge in [-0.2, -0.15) is 0 Å². The second kappa shape index (κ2) is 7.59. The topological polar surface area (TPSA) is 81.5 Å². The van der Waals surface area contributed by atoms with E-state index in [1.165, 1.54) is 18.2 Å². The molecule has 0 bridgehead atoms. The van der Waals surface area contributed by atoms with Crippen molar-refractivity contribution in [3.8, 4) is 5.75 Å². The van der Waals surface area contributed by atoms with E-state index in [9.17, 15) is 14.9 Å². The number of benzene rings is 2. The van der Waals surface area contributed by atoms with Crippen LogP contribution < -0.4 is 10.1 Å². The molecule has 6 heteroatoms. The minimum atomic E-state index is -0.552. The first-order chi connectivity index (χ1) is 11.4. The minimum absolute atomic E-state index is 0.154. The first-order valence-electron chi connectivity index (χ1n) is 7.75. The molecule has 1 amide bonds. The van der Waals surface area contributed by atoms with Gasteiger partial charge in [-0.05, 0) is 36.6 Å². The monoisotopic (exact) mass is 328 g/mol. The van der Waals surface area contributed by atoms with Crippen LogP contribution in [0.25, 0.3) is 0 Å². The first-order valence-corrected chi connectivity index (χ1v) is 7.75. The van der Waals surface area contributed by atoms with Crippen molar-refractivity contribution in [2.45, 2.75) is 26.7 Å². The predicted molar refractivity (Wildman–Crippen MR) is 92.7 cm³/mol. The number of carbonyl (C=O) groups excluding carboxylic acids is 1. The number of carbonyl (C=O) groups is 1. The third-order valence-electron chi connectivity index (χ3n) is 3.55. The summed E-state index contributed by atoms with van der Waals surface area (Å²) < 4.78 is 5.23. The van der Waals surface area contributed by atoms with Crippen LogP contribution in [0.2, 0.25) is 0 Å². The zero-order chi connectivity index (χ0) is 17.7. The zero-order valence-corrected chi connectivity index (χ0v) is 13.9. The molecule has 0 aromatic heterocycles. The number of ether oxygens (including phenoxy) is 1. The van der Waals surface area contributed by atoms with E-state index in [2.05, 4.69) is 5.32 Å². The second-order valence-electron chi connectivity index (χ2n) is 5.57. The van der Waals surface area contributed by atoms with Crippen molar-refractivity contribution in [3.05, 3.63) is 63.7 Å². The Morgan fingerprint density at radius 3 is 2.58 bits per heavy atom. The van der Waals surface area contributed by atoms with Gasteiger partial charge < -0.3 is 10.1 Å². The fourth-order valence-electron chi connectivity index (χ4n) is 2.39. The van der Waals surface area contributed by atoms with Gasteiger partial charge in [0.2, 0.25) is 0 Å². The van der Waals surface area contributed by atoms with Crippen LogP contribution in [0.1, 0.15) is 42.6 Å². The highest BCUT2D eigenvalue weighted by Gasteiger charge is 2.19. The fraction of sp³-hybridized carbons (Fsp3) is 0.278. The number of nitro benzene ring substituents is 1.